The zero-order valence-corrected chi connectivity index (χ0v) is 7.18. The quantitative estimate of drug-likeness (QED) is 0.593. The summed E-state index contributed by atoms with van der Waals surface area (Å²) in [5.41, 5.74) is 8.67. The highest BCUT2D eigenvalue weighted by atomic mass is 16.6. The summed E-state index contributed by atoms with van der Waals surface area (Å²) in [7, 11) is 1.66. The van der Waals surface area contributed by atoms with Crippen LogP contribution in [0.15, 0.2) is 0 Å². The first-order valence-corrected chi connectivity index (χ1v) is 4.34. The van der Waals surface area contributed by atoms with Crippen LogP contribution in [0.4, 0.5) is 0 Å². The Morgan fingerprint density at radius 2 is 2.00 bits per heavy atom. The van der Waals surface area contributed by atoms with Crippen LogP contribution in [0.3, 0.4) is 0 Å². The van der Waals surface area contributed by atoms with Crippen LogP contribution in [0.25, 0.3) is 0 Å². The molecule has 0 unspecified atom stereocenters. The van der Waals surface area contributed by atoms with E-state index in [-0.39, 0.29) is 0 Å². The van der Waals surface area contributed by atoms with Gasteiger partial charge in [0.25, 0.3) is 0 Å². The Morgan fingerprint density at radius 3 is 2.55 bits per heavy atom. The SMILES string of the molecule is CONCC1CCC(N)CC1. The Labute approximate surface area is 68.2 Å². The fraction of sp³-hybridized carbons (Fsp3) is 1.00. The van der Waals surface area contributed by atoms with Gasteiger partial charge in [-0.25, -0.2) is 5.48 Å². The molecule has 0 amide bonds. The summed E-state index contributed by atoms with van der Waals surface area (Å²) in [6.45, 7) is 0.975. The standard InChI is InChI=1S/C8H18N2O/c1-11-10-6-7-2-4-8(9)5-3-7/h7-8,10H,2-6,9H2,1H3. The number of hydroxylamine groups is 1. The van der Waals surface area contributed by atoms with E-state index in [1.807, 2.05) is 0 Å². The fourth-order valence-electron chi connectivity index (χ4n) is 1.59. The molecule has 0 heterocycles. The van der Waals surface area contributed by atoms with E-state index in [2.05, 4.69) is 5.48 Å². The minimum atomic E-state index is 0.453. The minimum absolute atomic E-state index is 0.453. The van der Waals surface area contributed by atoms with Crippen LogP contribution in [0, 0.1) is 5.92 Å². The maximum absolute atomic E-state index is 5.77. The van der Waals surface area contributed by atoms with Gasteiger partial charge in [-0.1, -0.05) is 0 Å². The molecule has 0 bridgehead atoms. The molecule has 0 aromatic rings. The first kappa shape index (κ1) is 8.97. The van der Waals surface area contributed by atoms with Gasteiger partial charge in [0.15, 0.2) is 0 Å². The van der Waals surface area contributed by atoms with E-state index in [0.29, 0.717) is 6.04 Å². The van der Waals surface area contributed by atoms with Crippen molar-refractivity contribution in [3.05, 3.63) is 0 Å². The summed E-state index contributed by atoms with van der Waals surface area (Å²) < 4.78 is 0. The van der Waals surface area contributed by atoms with Crippen molar-refractivity contribution in [3.63, 3.8) is 0 Å². The number of hydrogen-bond acceptors (Lipinski definition) is 3. The third kappa shape index (κ3) is 3.18. The Kier molecular flexibility index (Phi) is 3.83. The highest BCUT2D eigenvalue weighted by Gasteiger charge is 2.17. The van der Waals surface area contributed by atoms with E-state index >= 15 is 0 Å². The van der Waals surface area contributed by atoms with Crippen LogP contribution in [-0.4, -0.2) is 19.7 Å². The smallest absolute Gasteiger partial charge is 0.0572 e. The lowest BCUT2D eigenvalue weighted by molar-refractivity contribution is 0.0735. The molecule has 1 saturated carbocycles. The number of rotatable bonds is 3. The summed E-state index contributed by atoms with van der Waals surface area (Å²) in [5, 5.41) is 0. The van der Waals surface area contributed by atoms with Gasteiger partial charge in [-0.15, -0.1) is 0 Å². The predicted octanol–water partition coefficient (Wildman–Crippen LogP) is 0.655. The molecule has 0 atom stereocenters. The second kappa shape index (κ2) is 4.70. The molecule has 0 spiro atoms. The normalized spacial score (nSPS) is 32.2. The van der Waals surface area contributed by atoms with Crippen LogP contribution >= 0.6 is 0 Å². The average Bonchev–Trinajstić information content (AvgIpc) is 2.04. The lowest BCUT2D eigenvalue weighted by Crippen LogP contribution is -2.31. The summed E-state index contributed by atoms with van der Waals surface area (Å²) in [6.07, 6.45) is 4.85. The maximum atomic E-state index is 5.77. The summed E-state index contributed by atoms with van der Waals surface area (Å²) in [4.78, 5) is 4.79. The van der Waals surface area contributed by atoms with Crippen molar-refractivity contribution in [1.82, 2.24) is 5.48 Å². The molecule has 0 saturated heterocycles. The van der Waals surface area contributed by atoms with Gasteiger partial charge in [-0.2, -0.15) is 0 Å². The van der Waals surface area contributed by atoms with Crippen molar-refractivity contribution in [2.45, 2.75) is 31.7 Å². The van der Waals surface area contributed by atoms with E-state index in [0.717, 1.165) is 12.5 Å². The molecule has 3 N–H and O–H groups in total. The molecule has 11 heavy (non-hydrogen) atoms. The third-order valence-electron chi connectivity index (χ3n) is 2.41. The van der Waals surface area contributed by atoms with Crippen molar-refractivity contribution in [3.8, 4) is 0 Å². The molecule has 3 nitrogen and oxygen atoms in total. The molecule has 0 aliphatic heterocycles. The van der Waals surface area contributed by atoms with Gasteiger partial charge in [0.1, 0.15) is 0 Å². The number of hydrogen-bond donors (Lipinski definition) is 2. The number of nitrogens with one attached hydrogen (secondary N) is 1. The van der Waals surface area contributed by atoms with Crippen LogP contribution in [0.1, 0.15) is 25.7 Å². The van der Waals surface area contributed by atoms with Crippen molar-refractivity contribution < 1.29 is 4.84 Å². The van der Waals surface area contributed by atoms with Crippen molar-refractivity contribution in [2.75, 3.05) is 13.7 Å². The second-order valence-electron chi connectivity index (χ2n) is 3.33. The fourth-order valence-corrected chi connectivity index (χ4v) is 1.59. The van der Waals surface area contributed by atoms with Gasteiger partial charge in [0.05, 0.1) is 7.11 Å². The lowest BCUT2D eigenvalue weighted by Gasteiger charge is -2.25. The molecule has 1 rings (SSSR count). The molecule has 1 aliphatic carbocycles. The zero-order chi connectivity index (χ0) is 8.10. The summed E-state index contributed by atoms with van der Waals surface area (Å²) in [5.74, 6) is 0.773. The van der Waals surface area contributed by atoms with Crippen LogP contribution in [0.5, 0.6) is 0 Å². The van der Waals surface area contributed by atoms with Gasteiger partial charge >= 0.3 is 0 Å². The topological polar surface area (TPSA) is 47.3 Å². The molecule has 1 aliphatic rings. The lowest BCUT2D eigenvalue weighted by atomic mass is 9.87. The Balaban J connectivity index is 2.07. The van der Waals surface area contributed by atoms with Gasteiger partial charge < -0.3 is 10.6 Å². The molecule has 0 aromatic heterocycles. The molecular formula is C8H18N2O. The van der Waals surface area contributed by atoms with Gasteiger partial charge in [-0.3, -0.25) is 0 Å². The van der Waals surface area contributed by atoms with Crippen molar-refractivity contribution in [1.29, 1.82) is 0 Å². The predicted molar refractivity (Wildman–Crippen MR) is 44.9 cm³/mol. The molecule has 3 heteroatoms. The van der Waals surface area contributed by atoms with E-state index < -0.39 is 0 Å². The molecule has 1 fully saturated rings. The molecular weight excluding hydrogens is 140 g/mol. The Hall–Kier alpha value is -0.120. The molecule has 0 aromatic carbocycles. The number of nitrogens with two attached hydrogens (primary N) is 1. The summed E-state index contributed by atoms with van der Waals surface area (Å²) >= 11 is 0. The van der Waals surface area contributed by atoms with E-state index in [4.69, 9.17) is 10.6 Å². The van der Waals surface area contributed by atoms with Crippen molar-refractivity contribution >= 4 is 0 Å². The zero-order valence-electron chi connectivity index (χ0n) is 7.18. The van der Waals surface area contributed by atoms with Gasteiger partial charge in [-0.05, 0) is 31.6 Å². The minimum Gasteiger partial charge on any atom is -0.328 e. The van der Waals surface area contributed by atoms with E-state index in [1.165, 1.54) is 25.7 Å². The molecule has 0 radical (unpaired) electrons. The third-order valence-corrected chi connectivity index (χ3v) is 2.41. The Bertz CT molecular complexity index is 97.5. The van der Waals surface area contributed by atoms with E-state index in [9.17, 15) is 0 Å². The first-order chi connectivity index (χ1) is 5.33. The summed E-state index contributed by atoms with van der Waals surface area (Å²) in [6, 6.07) is 0.453. The Morgan fingerprint density at radius 1 is 1.36 bits per heavy atom. The second-order valence-corrected chi connectivity index (χ2v) is 3.33. The average molecular weight is 158 g/mol. The first-order valence-electron chi connectivity index (χ1n) is 4.34. The van der Waals surface area contributed by atoms with Crippen LogP contribution < -0.4 is 11.2 Å². The largest absolute Gasteiger partial charge is 0.328 e. The van der Waals surface area contributed by atoms with Gasteiger partial charge in [0, 0.05) is 12.6 Å². The van der Waals surface area contributed by atoms with Crippen LogP contribution in [-0.2, 0) is 4.84 Å². The van der Waals surface area contributed by atoms with Gasteiger partial charge in [0.2, 0.25) is 0 Å². The van der Waals surface area contributed by atoms with Crippen LogP contribution in [0.2, 0.25) is 0 Å². The highest BCUT2D eigenvalue weighted by Crippen LogP contribution is 2.22. The maximum Gasteiger partial charge on any atom is 0.0572 e. The highest BCUT2D eigenvalue weighted by molar-refractivity contribution is 4.74. The van der Waals surface area contributed by atoms with E-state index in [1.54, 1.807) is 7.11 Å². The molecule has 66 valence electrons. The monoisotopic (exact) mass is 158 g/mol. The van der Waals surface area contributed by atoms with Crippen molar-refractivity contribution in [2.24, 2.45) is 11.7 Å².